The minimum atomic E-state index is -0.872. The molecule has 2 atom stereocenters. The summed E-state index contributed by atoms with van der Waals surface area (Å²) >= 11 is 1.62. The van der Waals surface area contributed by atoms with E-state index in [0.29, 0.717) is 12.8 Å². The van der Waals surface area contributed by atoms with Crippen LogP contribution in [0.4, 0.5) is 4.79 Å². The Labute approximate surface area is 169 Å². The summed E-state index contributed by atoms with van der Waals surface area (Å²) in [5, 5.41) is 14.6. The second-order valence-corrected chi connectivity index (χ2v) is 7.51. The maximum Gasteiger partial charge on any atom is 0.324 e. The third-order valence-electron chi connectivity index (χ3n) is 4.54. The fourth-order valence-electron chi connectivity index (χ4n) is 2.90. The molecule has 0 radical (unpaired) electrons. The fourth-order valence-corrected chi connectivity index (χ4v) is 3.42. The highest BCUT2D eigenvalue weighted by Gasteiger charge is 2.38. The predicted octanol–water partition coefficient (Wildman–Crippen LogP) is 0.778. The number of urea groups is 1. The van der Waals surface area contributed by atoms with Crippen molar-refractivity contribution in [2.45, 2.75) is 31.3 Å². The van der Waals surface area contributed by atoms with Crippen molar-refractivity contribution in [1.82, 2.24) is 15.5 Å². The second kappa shape index (κ2) is 10.9. The zero-order valence-electron chi connectivity index (χ0n) is 16.1. The van der Waals surface area contributed by atoms with E-state index in [0.717, 1.165) is 22.0 Å². The van der Waals surface area contributed by atoms with Crippen LogP contribution in [-0.4, -0.2) is 72.2 Å². The summed E-state index contributed by atoms with van der Waals surface area (Å²) in [6, 6.07) is 5.70. The third-order valence-corrected chi connectivity index (χ3v) is 5.18. The highest BCUT2D eigenvalue weighted by atomic mass is 32.2. The summed E-state index contributed by atoms with van der Waals surface area (Å²) in [4.78, 5) is 37.9. The van der Waals surface area contributed by atoms with Gasteiger partial charge in [0.05, 0.1) is 26.2 Å². The Hall–Kier alpha value is -2.26. The average molecular weight is 410 g/mol. The SMILES string of the molecule is COc1ccc(CCN2C(=O)N[C@@H](CC(=O)N[C@@H](CO)CCSC)C2=O)cc1. The number of methoxy groups -OCH3 is 1. The molecule has 4 amide bonds. The summed E-state index contributed by atoms with van der Waals surface area (Å²) in [7, 11) is 1.59. The second-order valence-electron chi connectivity index (χ2n) is 6.52. The molecule has 0 spiro atoms. The van der Waals surface area contributed by atoms with Crippen molar-refractivity contribution in [3.63, 3.8) is 0 Å². The highest BCUT2D eigenvalue weighted by Crippen LogP contribution is 2.14. The first-order chi connectivity index (χ1) is 13.5. The number of benzene rings is 1. The molecule has 2 rings (SSSR count). The monoisotopic (exact) mass is 409 g/mol. The molecular formula is C19H27N3O5S. The Bertz CT molecular complexity index is 683. The number of aliphatic hydroxyl groups excluding tert-OH is 1. The number of carbonyl (C=O) groups is 3. The van der Waals surface area contributed by atoms with E-state index in [9.17, 15) is 19.5 Å². The molecule has 0 bridgehead atoms. The first-order valence-electron chi connectivity index (χ1n) is 9.12. The lowest BCUT2D eigenvalue weighted by atomic mass is 10.1. The van der Waals surface area contributed by atoms with Gasteiger partial charge in [0.1, 0.15) is 11.8 Å². The van der Waals surface area contributed by atoms with Crippen LogP contribution in [0.3, 0.4) is 0 Å². The molecule has 1 fully saturated rings. The van der Waals surface area contributed by atoms with Crippen molar-refractivity contribution in [2.75, 3.05) is 32.3 Å². The van der Waals surface area contributed by atoms with Gasteiger partial charge in [0.2, 0.25) is 5.91 Å². The summed E-state index contributed by atoms with van der Waals surface area (Å²) in [5.41, 5.74) is 0.974. The molecule has 154 valence electrons. The molecule has 1 heterocycles. The van der Waals surface area contributed by atoms with Crippen LogP contribution in [0.15, 0.2) is 24.3 Å². The van der Waals surface area contributed by atoms with E-state index in [1.807, 2.05) is 30.5 Å². The predicted molar refractivity (Wildman–Crippen MR) is 107 cm³/mol. The van der Waals surface area contributed by atoms with Gasteiger partial charge >= 0.3 is 6.03 Å². The molecule has 3 N–H and O–H groups in total. The smallest absolute Gasteiger partial charge is 0.324 e. The molecule has 8 nitrogen and oxygen atoms in total. The number of nitrogens with zero attached hydrogens (tertiary/aromatic N) is 1. The van der Waals surface area contributed by atoms with Crippen LogP contribution in [0, 0.1) is 0 Å². The van der Waals surface area contributed by atoms with Gasteiger partial charge in [-0.1, -0.05) is 12.1 Å². The lowest BCUT2D eigenvalue weighted by molar-refractivity contribution is -0.131. The number of amides is 4. The number of nitrogens with one attached hydrogen (secondary N) is 2. The van der Waals surface area contributed by atoms with E-state index >= 15 is 0 Å². The van der Waals surface area contributed by atoms with Gasteiger partial charge in [-0.25, -0.2) is 4.79 Å². The van der Waals surface area contributed by atoms with Crippen molar-refractivity contribution in [2.24, 2.45) is 0 Å². The van der Waals surface area contributed by atoms with Crippen LogP contribution in [-0.2, 0) is 16.0 Å². The largest absolute Gasteiger partial charge is 0.497 e. The number of ether oxygens (including phenoxy) is 1. The van der Waals surface area contributed by atoms with E-state index in [-0.39, 0.29) is 31.5 Å². The van der Waals surface area contributed by atoms with Crippen LogP contribution in [0.2, 0.25) is 0 Å². The molecule has 1 saturated heterocycles. The van der Waals surface area contributed by atoms with Crippen LogP contribution >= 0.6 is 11.8 Å². The van der Waals surface area contributed by atoms with Crippen molar-refractivity contribution in [3.05, 3.63) is 29.8 Å². The molecular weight excluding hydrogens is 382 g/mol. The lowest BCUT2D eigenvalue weighted by Crippen LogP contribution is -2.42. The van der Waals surface area contributed by atoms with Crippen molar-refractivity contribution >= 4 is 29.6 Å². The van der Waals surface area contributed by atoms with Gasteiger partial charge in [0.15, 0.2) is 0 Å². The Balaban J connectivity index is 1.85. The summed E-state index contributed by atoms with van der Waals surface area (Å²) < 4.78 is 5.11. The van der Waals surface area contributed by atoms with E-state index in [1.165, 1.54) is 0 Å². The molecule has 0 aliphatic carbocycles. The van der Waals surface area contributed by atoms with Gasteiger partial charge in [-0.05, 0) is 42.5 Å². The highest BCUT2D eigenvalue weighted by molar-refractivity contribution is 7.98. The van der Waals surface area contributed by atoms with Gasteiger partial charge in [-0.15, -0.1) is 0 Å². The maximum absolute atomic E-state index is 12.5. The Morgan fingerprint density at radius 3 is 2.68 bits per heavy atom. The van der Waals surface area contributed by atoms with Crippen LogP contribution in [0.25, 0.3) is 0 Å². The summed E-state index contributed by atoms with van der Waals surface area (Å²) in [5.74, 6) is 0.779. The lowest BCUT2D eigenvalue weighted by Gasteiger charge is -2.17. The Kier molecular flexibility index (Phi) is 8.59. The van der Waals surface area contributed by atoms with Crippen LogP contribution < -0.4 is 15.4 Å². The maximum atomic E-state index is 12.5. The first kappa shape index (κ1) is 22.0. The zero-order valence-corrected chi connectivity index (χ0v) is 17.0. The number of hydrogen-bond donors (Lipinski definition) is 3. The number of carbonyl (C=O) groups excluding carboxylic acids is 3. The van der Waals surface area contributed by atoms with Crippen LogP contribution in [0.5, 0.6) is 5.75 Å². The topological polar surface area (TPSA) is 108 Å². The van der Waals surface area contributed by atoms with Crippen molar-refractivity contribution in [1.29, 1.82) is 0 Å². The molecule has 0 aromatic heterocycles. The van der Waals surface area contributed by atoms with Gasteiger partial charge in [-0.3, -0.25) is 14.5 Å². The molecule has 9 heteroatoms. The number of rotatable bonds is 11. The minimum Gasteiger partial charge on any atom is -0.497 e. The van der Waals surface area contributed by atoms with Gasteiger partial charge in [0, 0.05) is 6.54 Å². The standard InChI is InChI=1S/C19H27N3O5S/c1-27-15-5-3-13(4-6-15)7-9-22-18(25)16(21-19(22)26)11-17(24)20-14(12-23)8-10-28-2/h3-6,14,16,23H,7-12H2,1-2H3,(H,20,24)(H,21,26)/t14-,16+/m1/s1. The molecule has 1 aliphatic rings. The molecule has 1 aromatic carbocycles. The van der Waals surface area contributed by atoms with E-state index in [2.05, 4.69) is 10.6 Å². The molecule has 1 aliphatic heterocycles. The average Bonchev–Trinajstić information content (AvgIpc) is 2.96. The molecule has 0 saturated carbocycles. The fraction of sp³-hybridized carbons (Fsp3) is 0.526. The minimum absolute atomic E-state index is 0.140. The third kappa shape index (κ3) is 6.13. The first-order valence-corrected chi connectivity index (χ1v) is 10.5. The van der Waals surface area contributed by atoms with Gasteiger partial charge < -0.3 is 20.5 Å². The van der Waals surface area contributed by atoms with Crippen molar-refractivity contribution < 1.29 is 24.2 Å². The van der Waals surface area contributed by atoms with E-state index < -0.39 is 18.0 Å². The van der Waals surface area contributed by atoms with Gasteiger partial charge in [-0.2, -0.15) is 11.8 Å². The number of thioether (sulfide) groups is 1. The van der Waals surface area contributed by atoms with E-state index in [1.54, 1.807) is 18.9 Å². The van der Waals surface area contributed by atoms with Gasteiger partial charge in [0.25, 0.3) is 5.91 Å². The van der Waals surface area contributed by atoms with Crippen molar-refractivity contribution in [3.8, 4) is 5.75 Å². The van der Waals surface area contributed by atoms with Crippen LogP contribution in [0.1, 0.15) is 18.4 Å². The Morgan fingerprint density at radius 1 is 1.36 bits per heavy atom. The number of imide groups is 1. The van der Waals surface area contributed by atoms with E-state index in [4.69, 9.17) is 4.74 Å². The Morgan fingerprint density at radius 2 is 2.07 bits per heavy atom. The number of hydrogen-bond acceptors (Lipinski definition) is 6. The molecule has 1 aromatic rings. The normalized spacial score (nSPS) is 17.4. The molecule has 28 heavy (non-hydrogen) atoms. The quantitative estimate of drug-likeness (QED) is 0.466. The zero-order chi connectivity index (χ0) is 20.5. The molecule has 0 unspecified atom stereocenters. The summed E-state index contributed by atoms with van der Waals surface area (Å²) in [6.07, 6.45) is 2.97. The summed E-state index contributed by atoms with van der Waals surface area (Å²) in [6.45, 7) is 0.0767. The number of aliphatic hydroxyl groups is 1.